The first kappa shape index (κ1) is 14.3. The Kier molecular flexibility index (Phi) is 4.47. The van der Waals surface area contributed by atoms with E-state index in [0.717, 1.165) is 17.9 Å². The van der Waals surface area contributed by atoms with E-state index < -0.39 is 0 Å². The number of thioether (sulfide) groups is 1. The molecule has 0 aromatic heterocycles. The Morgan fingerprint density at radius 3 is 2.47 bits per heavy atom. The van der Waals surface area contributed by atoms with Gasteiger partial charge in [0, 0.05) is 34.7 Å². The van der Waals surface area contributed by atoms with Gasteiger partial charge in [0.05, 0.1) is 0 Å². The fourth-order valence-corrected chi connectivity index (χ4v) is 3.40. The normalized spacial score (nSPS) is 23.2. The van der Waals surface area contributed by atoms with E-state index in [9.17, 15) is 4.79 Å². The van der Waals surface area contributed by atoms with E-state index in [-0.39, 0.29) is 11.9 Å². The zero-order valence-electron chi connectivity index (χ0n) is 11.1. The summed E-state index contributed by atoms with van der Waals surface area (Å²) >= 11 is 6.83. The van der Waals surface area contributed by atoms with Crippen LogP contribution in [0.2, 0.25) is 0 Å². The van der Waals surface area contributed by atoms with Crippen LogP contribution in [0.3, 0.4) is 0 Å². The minimum absolute atomic E-state index is 0.0918. The molecular weight excluding hydrogens is 276 g/mol. The van der Waals surface area contributed by atoms with Crippen LogP contribution in [-0.2, 0) is 0 Å². The molecule has 19 heavy (non-hydrogen) atoms. The number of hydrogen-bond donors (Lipinski definition) is 1. The van der Waals surface area contributed by atoms with Crippen LogP contribution >= 0.6 is 24.0 Å². The first-order chi connectivity index (χ1) is 9.00. The molecule has 1 heterocycles. The van der Waals surface area contributed by atoms with Crippen molar-refractivity contribution >= 4 is 34.9 Å². The van der Waals surface area contributed by atoms with Crippen molar-refractivity contribution in [2.75, 3.05) is 12.3 Å². The lowest BCUT2D eigenvalue weighted by molar-refractivity contribution is 0.0698. The van der Waals surface area contributed by atoms with Gasteiger partial charge in [-0.05, 0) is 19.1 Å². The number of nitrogens with two attached hydrogens (primary N) is 1. The number of carbonyl (C=O) groups excluding carboxylic acids is 1. The summed E-state index contributed by atoms with van der Waals surface area (Å²) < 4.78 is 0. The number of thiocarbonyl (C=S) groups is 1. The average molecular weight is 294 g/mol. The van der Waals surface area contributed by atoms with E-state index in [2.05, 4.69) is 13.8 Å². The molecule has 0 saturated carbocycles. The summed E-state index contributed by atoms with van der Waals surface area (Å²) in [5.41, 5.74) is 7.05. The standard InChI is InChI=1S/C14H18N2OS2/c1-9-10(2)19-8-7-16(9)14(17)12-5-3-11(4-6-12)13(15)18/h3-6,9-10H,7-8H2,1-2H3,(H2,15,18). The number of carbonyl (C=O) groups is 1. The third-order valence-corrected chi connectivity index (χ3v) is 5.13. The van der Waals surface area contributed by atoms with Gasteiger partial charge < -0.3 is 10.6 Å². The molecule has 1 saturated heterocycles. The van der Waals surface area contributed by atoms with Gasteiger partial charge in [0.25, 0.3) is 5.91 Å². The van der Waals surface area contributed by atoms with Gasteiger partial charge in [-0.2, -0.15) is 11.8 Å². The smallest absolute Gasteiger partial charge is 0.254 e. The van der Waals surface area contributed by atoms with Gasteiger partial charge in [-0.15, -0.1) is 0 Å². The molecule has 2 unspecified atom stereocenters. The number of rotatable bonds is 2. The van der Waals surface area contributed by atoms with Crippen molar-refractivity contribution in [3.63, 3.8) is 0 Å². The summed E-state index contributed by atoms with van der Waals surface area (Å²) in [6.07, 6.45) is 0. The zero-order valence-corrected chi connectivity index (χ0v) is 12.8. The quantitative estimate of drug-likeness (QED) is 0.850. The van der Waals surface area contributed by atoms with Crippen LogP contribution in [0.5, 0.6) is 0 Å². The van der Waals surface area contributed by atoms with Crippen LogP contribution < -0.4 is 5.73 Å². The molecule has 1 aliphatic rings. The van der Waals surface area contributed by atoms with Gasteiger partial charge >= 0.3 is 0 Å². The first-order valence-corrected chi connectivity index (χ1v) is 7.79. The van der Waals surface area contributed by atoms with Crippen LogP contribution in [0.1, 0.15) is 29.8 Å². The molecular formula is C14H18N2OS2. The van der Waals surface area contributed by atoms with Gasteiger partial charge in [0.1, 0.15) is 4.99 Å². The topological polar surface area (TPSA) is 46.3 Å². The van der Waals surface area contributed by atoms with Crippen LogP contribution in [0.25, 0.3) is 0 Å². The molecule has 3 nitrogen and oxygen atoms in total. The maximum Gasteiger partial charge on any atom is 0.254 e. The predicted octanol–water partition coefficient (Wildman–Crippen LogP) is 2.29. The minimum atomic E-state index is 0.0918. The van der Waals surface area contributed by atoms with E-state index in [1.165, 1.54) is 0 Å². The highest BCUT2D eigenvalue weighted by molar-refractivity contribution is 8.00. The fraction of sp³-hybridized carbons (Fsp3) is 0.429. The van der Waals surface area contributed by atoms with Gasteiger partial charge in [-0.25, -0.2) is 0 Å². The summed E-state index contributed by atoms with van der Waals surface area (Å²) in [5.74, 6) is 1.09. The third kappa shape index (κ3) is 3.09. The second-order valence-electron chi connectivity index (χ2n) is 4.76. The lowest BCUT2D eigenvalue weighted by atomic mass is 10.1. The van der Waals surface area contributed by atoms with E-state index in [1.807, 2.05) is 28.8 Å². The molecule has 0 radical (unpaired) electrons. The first-order valence-electron chi connectivity index (χ1n) is 6.33. The Bertz CT molecular complexity index is 487. The van der Waals surface area contributed by atoms with E-state index >= 15 is 0 Å². The molecule has 102 valence electrons. The van der Waals surface area contributed by atoms with Crippen molar-refractivity contribution in [1.82, 2.24) is 4.90 Å². The van der Waals surface area contributed by atoms with Crippen LogP contribution in [-0.4, -0.2) is 39.4 Å². The van der Waals surface area contributed by atoms with Gasteiger partial charge in [-0.1, -0.05) is 31.3 Å². The summed E-state index contributed by atoms with van der Waals surface area (Å²) in [5, 5.41) is 0.480. The Labute approximate surface area is 123 Å². The van der Waals surface area contributed by atoms with Crippen molar-refractivity contribution in [3.05, 3.63) is 35.4 Å². The zero-order chi connectivity index (χ0) is 14.0. The number of nitrogens with zero attached hydrogens (tertiary/aromatic N) is 1. The molecule has 0 aliphatic carbocycles. The molecule has 0 bridgehead atoms. The van der Waals surface area contributed by atoms with Gasteiger partial charge in [0.15, 0.2) is 0 Å². The molecule has 1 fully saturated rings. The monoisotopic (exact) mass is 294 g/mol. The Hall–Kier alpha value is -1.07. The van der Waals surface area contributed by atoms with Crippen LogP contribution in [0.4, 0.5) is 0 Å². The van der Waals surface area contributed by atoms with E-state index in [0.29, 0.717) is 15.8 Å². The highest BCUT2D eigenvalue weighted by Crippen LogP contribution is 2.25. The van der Waals surface area contributed by atoms with Gasteiger partial charge in [-0.3, -0.25) is 4.79 Å². The second-order valence-corrected chi connectivity index (χ2v) is 6.68. The van der Waals surface area contributed by atoms with Crippen molar-refractivity contribution in [2.45, 2.75) is 25.1 Å². The second kappa shape index (κ2) is 5.92. The van der Waals surface area contributed by atoms with E-state index in [1.54, 1.807) is 12.1 Å². The summed E-state index contributed by atoms with van der Waals surface area (Å²) in [4.78, 5) is 14.8. The van der Waals surface area contributed by atoms with Crippen molar-refractivity contribution in [1.29, 1.82) is 0 Å². The molecule has 1 amide bonds. The maximum absolute atomic E-state index is 12.5. The number of amides is 1. The minimum Gasteiger partial charge on any atom is -0.389 e. The van der Waals surface area contributed by atoms with Crippen molar-refractivity contribution in [2.24, 2.45) is 5.73 Å². The van der Waals surface area contributed by atoms with Crippen molar-refractivity contribution in [3.8, 4) is 0 Å². The Balaban J connectivity index is 2.17. The molecule has 2 N–H and O–H groups in total. The average Bonchev–Trinajstić information content (AvgIpc) is 2.41. The largest absolute Gasteiger partial charge is 0.389 e. The lowest BCUT2D eigenvalue weighted by Gasteiger charge is -2.37. The molecule has 0 spiro atoms. The summed E-state index contributed by atoms with van der Waals surface area (Å²) in [7, 11) is 0. The van der Waals surface area contributed by atoms with E-state index in [4.69, 9.17) is 18.0 Å². The highest BCUT2D eigenvalue weighted by Gasteiger charge is 2.29. The highest BCUT2D eigenvalue weighted by atomic mass is 32.2. The summed E-state index contributed by atoms with van der Waals surface area (Å²) in [6, 6.07) is 7.48. The SMILES string of the molecule is CC1SCCN(C(=O)c2ccc(C(N)=S)cc2)C1C. The maximum atomic E-state index is 12.5. The lowest BCUT2D eigenvalue weighted by Crippen LogP contribution is -2.47. The molecule has 1 aromatic carbocycles. The Morgan fingerprint density at radius 1 is 1.32 bits per heavy atom. The molecule has 5 heteroatoms. The van der Waals surface area contributed by atoms with Crippen molar-refractivity contribution < 1.29 is 4.79 Å². The molecule has 2 atom stereocenters. The predicted molar refractivity (Wildman–Crippen MR) is 84.7 cm³/mol. The van der Waals surface area contributed by atoms with Gasteiger partial charge in [0.2, 0.25) is 0 Å². The fourth-order valence-electron chi connectivity index (χ4n) is 2.16. The third-order valence-electron chi connectivity index (χ3n) is 3.56. The number of benzene rings is 1. The summed E-state index contributed by atoms with van der Waals surface area (Å²) in [6.45, 7) is 5.09. The number of hydrogen-bond acceptors (Lipinski definition) is 3. The molecule has 2 rings (SSSR count). The molecule has 1 aromatic rings. The van der Waals surface area contributed by atoms with Crippen LogP contribution in [0, 0.1) is 0 Å². The Morgan fingerprint density at radius 2 is 1.89 bits per heavy atom. The molecule has 1 aliphatic heterocycles. The van der Waals surface area contributed by atoms with Crippen LogP contribution in [0.15, 0.2) is 24.3 Å².